The highest BCUT2D eigenvalue weighted by Gasteiger charge is 2.10. The molecule has 0 amide bonds. The molecule has 0 aliphatic heterocycles. The van der Waals surface area contributed by atoms with E-state index in [1.165, 1.54) is 11.1 Å². The summed E-state index contributed by atoms with van der Waals surface area (Å²) in [6, 6.07) is 21.3. The van der Waals surface area contributed by atoms with Gasteiger partial charge in [0.25, 0.3) is 0 Å². The number of carbonyl (C=O) groups excluding carboxylic acids is 1. The molecule has 3 nitrogen and oxygen atoms in total. The molecule has 164 valence electrons. The Labute approximate surface area is 182 Å². The normalized spacial score (nSPS) is 12.9. The Bertz CT molecular complexity index is 624. The fourth-order valence-electron chi connectivity index (χ4n) is 4.00. The summed E-state index contributed by atoms with van der Waals surface area (Å²) in [5.41, 5.74) is 2.80. The summed E-state index contributed by atoms with van der Waals surface area (Å²) in [4.78, 5) is 11.7. The highest BCUT2D eigenvalue weighted by molar-refractivity contribution is 5.59. The number of carbonyl (C=O) groups is 1. The van der Waals surface area contributed by atoms with Gasteiger partial charge in [-0.3, -0.25) is 0 Å². The zero-order valence-corrected chi connectivity index (χ0v) is 18.7. The third-order valence-corrected chi connectivity index (χ3v) is 5.86. The summed E-state index contributed by atoms with van der Waals surface area (Å²) in [5, 5.41) is 0. The van der Waals surface area contributed by atoms with Crippen molar-refractivity contribution in [3.8, 4) is 0 Å². The molecule has 0 spiro atoms. The minimum atomic E-state index is -0.528. The third kappa shape index (κ3) is 9.02. The van der Waals surface area contributed by atoms with Crippen molar-refractivity contribution in [3.05, 3.63) is 71.8 Å². The van der Waals surface area contributed by atoms with Crippen LogP contribution in [0, 0.1) is 0 Å². The van der Waals surface area contributed by atoms with Gasteiger partial charge in [0.1, 0.15) is 0 Å². The van der Waals surface area contributed by atoms with Gasteiger partial charge in [-0.1, -0.05) is 74.5 Å². The second-order valence-corrected chi connectivity index (χ2v) is 7.97. The SMILES string of the molecule is CCC(CCCCOC(=O)OCCCCC(CC)c1ccccc1)c1ccccc1. The van der Waals surface area contributed by atoms with Crippen molar-refractivity contribution in [2.75, 3.05) is 13.2 Å². The van der Waals surface area contributed by atoms with E-state index in [4.69, 9.17) is 9.47 Å². The number of hydrogen-bond donors (Lipinski definition) is 0. The van der Waals surface area contributed by atoms with Crippen LogP contribution in [0.25, 0.3) is 0 Å². The van der Waals surface area contributed by atoms with Crippen LogP contribution in [0.1, 0.15) is 88.2 Å². The van der Waals surface area contributed by atoms with Crippen molar-refractivity contribution in [3.63, 3.8) is 0 Å². The molecule has 30 heavy (non-hydrogen) atoms. The van der Waals surface area contributed by atoms with E-state index in [-0.39, 0.29) is 0 Å². The van der Waals surface area contributed by atoms with Gasteiger partial charge in [0.2, 0.25) is 0 Å². The Morgan fingerprint density at radius 1 is 0.667 bits per heavy atom. The standard InChI is InChI=1S/C27H38O3/c1-3-23(25-17-7-5-8-18-25)15-11-13-21-29-27(28)30-22-14-12-16-24(4-2)26-19-9-6-10-20-26/h5-10,17-20,23-24H,3-4,11-16,21-22H2,1-2H3. The van der Waals surface area contributed by atoms with Gasteiger partial charge in [-0.05, 0) is 74.3 Å². The molecule has 0 saturated heterocycles. The first-order valence-electron chi connectivity index (χ1n) is 11.6. The molecule has 2 atom stereocenters. The van der Waals surface area contributed by atoms with E-state index in [9.17, 15) is 4.79 Å². The van der Waals surface area contributed by atoms with Crippen LogP contribution in [0.5, 0.6) is 0 Å². The molecule has 3 heteroatoms. The van der Waals surface area contributed by atoms with E-state index >= 15 is 0 Å². The summed E-state index contributed by atoms with van der Waals surface area (Å²) in [7, 11) is 0. The lowest BCUT2D eigenvalue weighted by Crippen LogP contribution is -2.10. The molecule has 0 aliphatic rings. The van der Waals surface area contributed by atoms with Crippen LogP contribution in [0.3, 0.4) is 0 Å². The van der Waals surface area contributed by atoms with Crippen LogP contribution in [-0.4, -0.2) is 19.4 Å². The van der Waals surface area contributed by atoms with Crippen molar-refractivity contribution in [2.45, 2.75) is 77.0 Å². The molecule has 0 saturated carbocycles. The molecule has 2 rings (SSSR count). The zero-order chi connectivity index (χ0) is 21.4. The van der Waals surface area contributed by atoms with Gasteiger partial charge in [-0.2, -0.15) is 0 Å². The smallest absolute Gasteiger partial charge is 0.434 e. The van der Waals surface area contributed by atoms with Gasteiger partial charge in [0.15, 0.2) is 0 Å². The van der Waals surface area contributed by atoms with Gasteiger partial charge in [-0.25, -0.2) is 4.79 Å². The topological polar surface area (TPSA) is 35.5 Å². The highest BCUT2D eigenvalue weighted by Crippen LogP contribution is 2.26. The van der Waals surface area contributed by atoms with Gasteiger partial charge >= 0.3 is 6.16 Å². The maximum absolute atomic E-state index is 11.7. The van der Waals surface area contributed by atoms with Gasteiger partial charge < -0.3 is 9.47 Å². The predicted molar refractivity (Wildman–Crippen MR) is 124 cm³/mol. The van der Waals surface area contributed by atoms with Crippen LogP contribution < -0.4 is 0 Å². The summed E-state index contributed by atoms with van der Waals surface area (Å²) in [6.07, 6.45) is 7.86. The van der Waals surface area contributed by atoms with Crippen LogP contribution >= 0.6 is 0 Å². The largest absolute Gasteiger partial charge is 0.508 e. The molecule has 0 aliphatic carbocycles. The first-order chi connectivity index (χ1) is 14.7. The minimum absolute atomic E-state index is 0.440. The molecule has 0 bridgehead atoms. The maximum atomic E-state index is 11.7. The van der Waals surface area contributed by atoms with Crippen LogP contribution in [-0.2, 0) is 9.47 Å². The Balaban J connectivity index is 1.50. The number of ether oxygens (including phenoxy) is 2. The van der Waals surface area contributed by atoms with Gasteiger partial charge in [0, 0.05) is 0 Å². The number of rotatable bonds is 14. The van der Waals surface area contributed by atoms with Crippen molar-refractivity contribution in [2.24, 2.45) is 0 Å². The quantitative estimate of drug-likeness (QED) is 0.235. The lowest BCUT2D eigenvalue weighted by Gasteiger charge is -2.15. The molecule has 0 radical (unpaired) electrons. The minimum Gasteiger partial charge on any atom is -0.434 e. The van der Waals surface area contributed by atoms with E-state index in [0.717, 1.165) is 51.4 Å². The molecule has 2 unspecified atom stereocenters. The lowest BCUT2D eigenvalue weighted by molar-refractivity contribution is 0.0527. The average Bonchev–Trinajstić information content (AvgIpc) is 2.80. The van der Waals surface area contributed by atoms with E-state index in [1.807, 2.05) is 0 Å². The Morgan fingerprint density at radius 2 is 1.07 bits per heavy atom. The first-order valence-corrected chi connectivity index (χ1v) is 11.6. The van der Waals surface area contributed by atoms with Gasteiger partial charge in [-0.15, -0.1) is 0 Å². The van der Waals surface area contributed by atoms with Crippen LogP contribution in [0.2, 0.25) is 0 Å². The van der Waals surface area contributed by atoms with Crippen molar-refractivity contribution in [1.82, 2.24) is 0 Å². The second kappa shape index (κ2) is 14.7. The monoisotopic (exact) mass is 410 g/mol. The fourth-order valence-corrected chi connectivity index (χ4v) is 4.00. The van der Waals surface area contributed by atoms with E-state index in [2.05, 4.69) is 74.5 Å². The zero-order valence-electron chi connectivity index (χ0n) is 18.7. The molecule has 0 heterocycles. The Kier molecular flexibility index (Phi) is 11.7. The van der Waals surface area contributed by atoms with Crippen LogP contribution in [0.15, 0.2) is 60.7 Å². The maximum Gasteiger partial charge on any atom is 0.508 e. The van der Waals surface area contributed by atoms with Crippen molar-refractivity contribution < 1.29 is 14.3 Å². The number of unbranched alkanes of at least 4 members (excludes halogenated alkanes) is 2. The number of benzene rings is 2. The fraction of sp³-hybridized carbons (Fsp3) is 0.519. The average molecular weight is 411 g/mol. The Hall–Kier alpha value is -2.29. The van der Waals surface area contributed by atoms with Crippen molar-refractivity contribution >= 4 is 6.16 Å². The molecule has 0 N–H and O–H groups in total. The second-order valence-electron chi connectivity index (χ2n) is 7.97. The summed E-state index contributed by atoms with van der Waals surface area (Å²) in [5.74, 6) is 1.17. The first kappa shape index (κ1) is 24.0. The molecular formula is C27H38O3. The lowest BCUT2D eigenvalue weighted by atomic mass is 9.91. The van der Waals surface area contributed by atoms with E-state index in [0.29, 0.717) is 25.0 Å². The molecule has 2 aromatic carbocycles. The van der Waals surface area contributed by atoms with Gasteiger partial charge in [0.05, 0.1) is 13.2 Å². The molecular weight excluding hydrogens is 372 g/mol. The Morgan fingerprint density at radius 3 is 1.43 bits per heavy atom. The molecule has 0 fully saturated rings. The highest BCUT2D eigenvalue weighted by atomic mass is 16.7. The van der Waals surface area contributed by atoms with E-state index < -0.39 is 6.16 Å². The third-order valence-electron chi connectivity index (χ3n) is 5.86. The molecule has 0 aromatic heterocycles. The molecule has 2 aromatic rings. The summed E-state index contributed by atoms with van der Waals surface area (Å²) in [6.45, 7) is 5.34. The summed E-state index contributed by atoms with van der Waals surface area (Å²) < 4.78 is 10.4. The van der Waals surface area contributed by atoms with Crippen LogP contribution in [0.4, 0.5) is 4.79 Å². The predicted octanol–water partition coefficient (Wildman–Crippen LogP) is 7.87. The van der Waals surface area contributed by atoms with E-state index in [1.54, 1.807) is 0 Å². The number of hydrogen-bond acceptors (Lipinski definition) is 3. The van der Waals surface area contributed by atoms with Crippen molar-refractivity contribution in [1.29, 1.82) is 0 Å². The summed E-state index contributed by atoms with van der Waals surface area (Å²) >= 11 is 0.